The maximum Gasteiger partial charge on any atom is 0.243 e. The highest BCUT2D eigenvalue weighted by Gasteiger charge is 2.33. The second-order valence-electron chi connectivity index (χ2n) is 7.73. The van der Waals surface area contributed by atoms with Crippen molar-refractivity contribution in [2.45, 2.75) is 35.6 Å². The third kappa shape index (κ3) is 5.50. The lowest BCUT2D eigenvalue weighted by Crippen LogP contribution is -2.45. The Morgan fingerprint density at radius 2 is 1.61 bits per heavy atom. The molecule has 31 heavy (non-hydrogen) atoms. The maximum atomic E-state index is 13.1. The predicted octanol–water partition coefficient (Wildman–Crippen LogP) is 2.51. The topological polar surface area (TPSA) is 101 Å². The van der Waals surface area contributed by atoms with Gasteiger partial charge in [0.15, 0.2) is 9.84 Å². The van der Waals surface area contributed by atoms with Crippen LogP contribution in [0.5, 0.6) is 0 Å². The Morgan fingerprint density at radius 3 is 2.19 bits per heavy atom. The second-order valence-corrected chi connectivity index (χ2v) is 11.7. The molecule has 2 atom stereocenters. The minimum Gasteiger partial charge on any atom is -0.349 e. The summed E-state index contributed by atoms with van der Waals surface area (Å²) in [6.45, 7) is 2.13. The van der Waals surface area contributed by atoms with Crippen molar-refractivity contribution in [3.05, 3.63) is 59.9 Å². The van der Waals surface area contributed by atoms with Crippen molar-refractivity contribution in [2.24, 2.45) is 5.92 Å². The zero-order valence-electron chi connectivity index (χ0n) is 17.3. The van der Waals surface area contributed by atoms with Crippen LogP contribution in [0.15, 0.2) is 58.3 Å². The van der Waals surface area contributed by atoms with E-state index in [1.54, 1.807) is 19.1 Å². The minimum atomic E-state index is -3.81. The molecule has 3 rings (SSSR count). The Balaban J connectivity index is 1.67. The average molecular weight is 469 g/mol. The molecule has 1 amide bonds. The van der Waals surface area contributed by atoms with Crippen LogP contribution in [0.4, 0.5) is 4.39 Å². The highest BCUT2D eigenvalue weighted by molar-refractivity contribution is 7.90. The van der Waals surface area contributed by atoms with Gasteiger partial charge in [0, 0.05) is 19.3 Å². The monoisotopic (exact) mass is 468 g/mol. The van der Waals surface area contributed by atoms with E-state index in [1.165, 1.54) is 28.6 Å². The van der Waals surface area contributed by atoms with E-state index in [9.17, 15) is 26.0 Å². The molecular formula is C21H25FN2O5S2. The third-order valence-corrected chi connectivity index (χ3v) is 8.38. The van der Waals surface area contributed by atoms with Crippen molar-refractivity contribution in [1.82, 2.24) is 9.62 Å². The van der Waals surface area contributed by atoms with Gasteiger partial charge in [-0.2, -0.15) is 4.31 Å². The van der Waals surface area contributed by atoms with Crippen molar-refractivity contribution >= 4 is 25.8 Å². The lowest BCUT2D eigenvalue weighted by Gasteiger charge is -2.32. The van der Waals surface area contributed by atoms with E-state index in [1.807, 2.05) is 0 Å². The van der Waals surface area contributed by atoms with Crippen molar-refractivity contribution in [1.29, 1.82) is 0 Å². The Kier molecular flexibility index (Phi) is 6.82. The van der Waals surface area contributed by atoms with Crippen LogP contribution in [0.2, 0.25) is 0 Å². The number of halogens is 1. The van der Waals surface area contributed by atoms with Gasteiger partial charge in [-0.15, -0.1) is 0 Å². The standard InChI is InChI=1S/C21H25FN2O5S2/c1-15(16-5-9-19(10-6-16)30(2,26)27)23-21(25)17-4-3-13-24(14-17)31(28,29)20-11-7-18(22)8-12-20/h5-12,15,17H,3-4,13-14H2,1-2H3,(H,23,25)/t15-,17+/m1/s1. The molecule has 0 aromatic heterocycles. The van der Waals surface area contributed by atoms with Crippen molar-refractivity contribution < 1.29 is 26.0 Å². The number of nitrogens with zero attached hydrogens (tertiary/aromatic N) is 1. The fraction of sp³-hybridized carbons (Fsp3) is 0.381. The van der Waals surface area contributed by atoms with Crippen LogP contribution < -0.4 is 5.32 Å². The van der Waals surface area contributed by atoms with E-state index < -0.39 is 31.6 Å². The number of hydrogen-bond acceptors (Lipinski definition) is 5. The number of carbonyl (C=O) groups is 1. The van der Waals surface area contributed by atoms with E-state index in [0.717, 1.165) is 24.0 Å². The van der Waals surface area contributed by atoms with Crippen LogP contribution in [0.25, 0.3) is 0 Å². The molecule has 0 aliphatic carbocycles. The van der Waals surface area contributed by atoms with Crippen LogP contribution in [0, 0.1) is 11.7 Å². The highest BCUT2D eigenvalue weighted by Crippen LogP contribution is 2.25. The number of carbonyl (C=O) groups excluding carboxylic acids is 1. The van der Waals surface area contributed by atoms with Gasteiger partial charge in [0.25, 0.3) is 0 Å². The zero-order valence-corrected chi connectivity index (χ0v) is 18.9. The smallest absolute Gasteiger partial charge is 0.243 e. The molecule has 0 saturated carbocycles. The molecule has 2 aromatic rings. The fourth-order valence-corrected chi connectivity index (χ4v) is 5.70. The Bertz CT molecular complexity index is 1150. The molecule has 1 saturated heterocycles. The van der Waals surface area contributed by atoms with Gasteiger partial charge in [-0.1, -0.05) is 12.1 Å². The molecule has 7 nitrogen and oxygen atoms in total. The summed E-state index contributed by atoms with van der Waals surface area (Å²) in [6, 6.07) is 10.5. The number of rotatable bonds is 6. The molecule has 2 aromatic carbocycles. The average Bonchev–Trinajstić information content (AvgIpc) is 2.73. The fourth-order valence-electron chi connectivity index (χ4n) is 3.55. The number of sulfone groups is 1. The first-order chi connectivity index (χ1) is 14.5. The summed E-state index contributed by atoms with van der Waals surface area (Å²) in [5, 5.41) is 2.88. The second kappa shape index (κ2) is 9.05. The molecule has 0 radical (unpaired) electrons. The number of nitrogens with one attached hydrogen (secondary N) is 1. The molecule has 0 spiro atoms. The minimum absolute atomic E-state index is 0.00528. The molecule has 10 heteroatoms. The van der Waals surface area contributed by atoms with E-state index in [0.29, 0.717) is 19.4 Å². The highest BCUT2D eigenvalue weighted by atomic mass is 32.2. The lowest BCUT2D eigenvalue weighted by atomic mass is 9.98. The molecule has 1 aliphatic heterocycles. The number of sulfonamides is 1. The van der Waals surface area contributed by atoms with E-state index in [2.05, 4.69) is 5.32 Å². The van der Waals surface area contributed by atoms with E-state index >= 15 is 0 Å². The van der Waals surface area contributed by atoms with Gasteiger partial charge in [0.05, 0.1) is 21.8 Å². The van der Waals surface area contributed by atoms with Crippen molar-refractivity contribution in [3.63, 3.8) is 0 Å². The van der Waals surface area contributed by atoms with Gasteiger partial charge in [0.2, 0.25) is 15.9 Å². The normalized spacial score (nSPS) is 19.0. The quantitative estimate of drug-likeness (QED) is 0.702. The first-order valence-electron chi connectivity index (χ1n) is 9.84. The largest absolute Gasteiger partial charge is 0.349 e. The van der Waals surface area contributed by atoms with Gasteiger partial charge >= 0.3 is 0 Å². The molecule has 168 valence electrons. The van der Waals surface area contributed by atoms with Gasteiger partial charge in [-0.3, -0.25) is 4.79 Å². The van der Waals surface area contributed by atoms with Gasteiger partial charge < -0.3 is 5.32 Å². The number of hydrogen-bond donors (Lipinski definition) is 1. The van der Waals surface area contributed by atoms with Crippen molar-refractivity contribution in [2.75, 3.05) is 19.3 Å². The summed E-state index contributed by atoms with van der Waals surface area (Å²) in [5.41, 5.74) is 0.743. The summed E-state index contributed by atoms with van der Waals surface area (Å²) in [4.78, 5) is 13.0. The third-order valence-electron chi connectivity index (χ3n) is 5.37. The Labute approximate surface area is 182 Å². The van der Waals surface area contributed by atoms with E-state index in [-0.39, 0.29) is 28.3 Å². The Morgan fingerprint density at radius 1 is 1.03 bits per heavy atom. The summed E-state index contributed by atoms with van der Waals surface area (Å²) < 4.78 is 63.3. The van der Waals surface area contributed by atoms with Crippen LogP contribution >= 0.6 is 0 Å². The molecule has 1 heterocycles. The molecule has 1 N–H and O–H groups in total. The molecular weight excluding hydrogens is 443 g/mol. The Hall–Kier alpha value is -2.30. The van der Waals surface area contributed by atoms with Crippen molar-refractivity contribution in [3.8, 4) is 0 Å². The summed E-state index contributed by atoms with van der Waals surface area (Å²) >= 11 is 0. The predicted molar refractivity (Wildman–Crippen MR) is 114 cm³/mol. The van der Waals surface area contributed by atoms with Gasteiger partial charge in [-0.25, -0.2) is 21.2 Å². The van der Waals surface area contributed by atoms with E-state index in [4.69, 9.17) is 0 Å². The number of benzene rings is 2. The molecule has 1 fully saturated rings. The van der Waals surface area contributed by atoms with Crippen LogP contribution in [-0.2, 0) is 24.7 Å². The summed E-state index contributed by atoms with van der Waals surface area (Å²) in [7, 11) is -7.12. The first-order valence-corrected chi connectivity index (χ1v) is 13.2. The van der Waals surface area contributed by atoms with Gasteiger partial charge in [-0.05, 0) is 61.7 Å². The molecule has 1 aliphatic rings. The number of amides is 1. The SMILES string of the molecule is C[C@@H](NC(=O)[C@H]1CCCN(S(=O)(=O)c2ccc(F)cc2)C1)c1ccc(S(C)(=O)=O)cc1. The lowest BCUT2D eigenvalue weighted by molar-refractivity contribution is -0.126. The molecule has 0 unspecified atom stereocenters. The first kappa shape index (κ1) is 23.4. The van der Waals surface area contributed by atoms with Crippen LogP contribution in [-0.4, -0.2) is 46.4 Å². The van der Waals surface area contributed by atoms with Crippen LogP contribution in [0.1, 0.15) is 31.4 Å². The summed E-state index contributed by atoms with van der Waals surface area (Å²) in [6.07, 6.45) is 2.22. The number of piperidine rings is 1. The van der Waals surface area contributed by atoms with Gasteiger partial charge in [0.1, 0.15) is 5.82 Å². The zero-order chi connectivity index (χ0) is 22.8. The maximum absolute atomic E-state index is 13.1. The molecule has 0 bridgehead atoms. The van der Waals surface area contributed by atoms with Crippen LogP contribution in [0.3, 0.4) is 0 Å². The summed E-state index contributed by atoms with van der Waals surface area (Å²) in [5.74, 6) is -1.30.